The fourth-order valence-corrected chi connectivity index (χ4v) is 2.27. The van der Waals surface area contributed by atoms with Crippen LogP contribution in [0.2, 0.25) is 5.02 Å². The number of aliphatic carboxylic acids is 1. The third-order valence-electron chi connectivity index (χ3n) is 3.24. The largest absolute Gasteiger partial charge is 0.507 e. The molecule has 0 aliphatic rings. The summed E-state index contributed by atoms with van der Waals surface area (Å²) in [6, 6.07) is 11.9. The van der Waals surface area contributed by atoms with Gasteiger partial charge in [0.05, 0.1) is 11.8 Å². The molecule has 0 bridgehead atoms. The van der Waals surface area contributed by atoms with Crippen LogP contribution in [-0.2, 0) is 4.79 Å². The van der Waals surface area contributed by atoms with Gasteiger partial charge in [0.25, 0.3) is 0 Å². The van der Waals surface area contributed by atoms with Crippen LogP contribution in [0, 0.1) is 0 Å². The van der Waals surface area contributed by atoms with Crippen molar-refractivity contribution in [3.05, 3.63) is 64.7 Å². The van der Waals surface area contributed by atoms with Gasteiger partial charge in [-0.25, -0.2) is 4.79 Å². The number of aliphatic hydroxyl groups is 1. The number of aliphatic hydroxyl groups excluding tert-OH is 1. The summed E-state index contributed by atoms with van der Waals surface area (Å²) in [5.74, 6) is -1.33. The molecule has 6 heteroatoms. The molecule has 0 aliphatic carbocycles. The van der Waals surface area contributed by atoms with E-state index in [4.69, 9.17) is 11.6 Å². The van der Waals surface area contributed by atoms with Crippen molar-refractivity contribution in [3.63, 3.8) is 0 Å². The molecular formula is C17H16ClNO4. The van der Waals surface area contributed by atoms with Crippen LogP contribution in [0.15, 0.2) is 53.5 Å². The summed E-state index contributed by atoms with van der Waals surface area (Å²) in [6.07, 6.45) is -1.19. The smallest absolute Gasteiger partial charge is 0.331 e. The molecule has 0 fully saturated rings. The molecule has 3 N–H and O–H groups in total. The second-order valence-corrected chi connectivity index (χ2v) is 5.47. The fraction of sp³-hybridized carbons (Fsp3) is 0.176. The van der Waals surface area contributed by atoms with Gasteiger partial charge in [0.2, 0.25) is 0 Å². The van der Waals surface area contributed by atoms with Crippen LogP contribution < -0.4 is 0 Å². The van der Waals surface area contributed by atoms with Gasteiger partial charge in [-0.15, -0.1) is 0 Å². The third kappa shape index (κ3) is 4.09. The lowest BCUT2D eigenvalue weighted by Gasteiger charge is -2.15. The predicted octanol–water partition coefficient (Wildman–Crippen LogP) is 2.72. The second-order valence-electron chi connectivity index (χ2n) is 5.03. The normalized spacial score (nSPS) is 14.3. The summed E-state index contributed by atoms with van der Waals surface area (Å²) in [4.78, 5) is 15.5. The molecule has 2 aromatic rings. The van der Waals surface area contributed by atoms with Crippen molar-refractivity contribution in [1.82, 2.24) is 0 Å². The molecule has 2 rings (SSSR count). The molecule has 23 heavy (non-hydrogen) atoms. The molecule has 2 aromatic carbocycles. The highest BCUT2D eigenvalue weighted by molar-refractivity contribution is 6.31. The Morgan fingerprint density at radius 3 is 2.39 bits per heavy atom. The fourth-order valence-electron chi connectivity index (χ4n) is 2.10. The van der Waals surface area contributed by atoms with Crippen LogP contribution in [0.5, 0.6) is 5.75 Å². The Bertz CT molecular complexity index is 729. The summed E-state index contributed by atoms with van der Waals surface area (Å²) in [5, 5.41) is 29.4. The van der Waals surface area contributed by atoms with Crippen LogP contribution in [0.1, 0.15) is 18.1 Å². The van der Waals surface area contributed by atoms with E-state index in [1.54, 1.807) is 24.3 Å². The SMILES string of the molecule is C[C@@H](O)[C@H](N=C(c1ccccc1)c1cc(Cl)ccc1O)C(=O)O. The van der Waals surface area contributed by atoms with Crippen LogP contribution in [-0.4, -0.2) is 39.1 Å². The van der Waals surface area contributed by atoms with Crippen molar-refractivity contribution < 1.29 is 20.1 Å². The van der Waals surface area contributed by atoms with Crippen molar-refractivity contribution in [2.75, 3.05) is 0 Å². The van der Waals surface area contributed by atoms with E-state index in [-0.39, 0.29) is 11.5 Å². The highest BCUT2D eigenvalue weighted by atomic mass is 35.5. The molecule has 0 saturated carbocycles. The topological polar surface area (TPSA) is 90.1 Å². The average molecular weight is 334 g/mol. The molecule has 0 heterocycles. The number of hydrogen-bond acceptors (Lipinski definition) is 4. The first-order chi connectivity index (χ1) is 10.9. The molecule has 0 aliphatic heterocycles. The number of halogens is 1. The summed E-state index contributed by atoms with van der Waals surface area (Å²) in [5.41, 5.74) is 1.16. The number of aliphatic imine (C=N–C) groups is 1. The Labute approximate surface area is 138 Å². The first-order valence-corrected chi connectivity index (χ1v) is 7.31. The molecule has 0 spiro atoms. The second kappa shape index (κ2) is 7.26. The molecule has 0 radical (unpaired) electrons. The highest BCUT2D eigenvalue weighted by Crippen LogP contribution is 2.25. The lowest BCUT2D eigenvalue weighted by atomic mass is 10.0. The quantitative estimate of drug-likeness (QED) is 0.734. The lowest BCUT2D eigenvalue weighted by Crippen LogP contribution is -2.31. The first kappa shape index (κ1) is 17.0. The first-order valence-electron chi connectivity index (χ1n) is 6.93. The maximum absolute atomic E-state index is 11.3. The van der Waals surface area contributed by atoms with Crippen molar-refractivity contribution in [1.29, 1.82) is 0 Å². The van der Waals surface area contributed by atoms with E-state index in [0.717, 1.165) is 0 Å². The minimum absolute atomic E-state index is 0.0771. The molecule has 0 unspecified atom stereocenters. The minimum Gasteiger partial charge on any atom is -0.507 e. The van der Waals surface area contributed by atoms with E-state index in [9.17, 15) is 20.1 Å². The Hall–Kier alpha value is -2.37. The van der Waals surface area contributed by atoms with Gasteiger partial charge < -0.3 is 15.3 Å². The number of hydrogen-bond donors (Lipinski definition) is 3. The minimum atomic E-state index is -1.36. The number of phenolic OH excluding ortho intramolecular Hbond substituents is 1. The number of carboxylic acid groups (broad SMARTS) is 1. The molecule has 2 atom stereocenters. The zero-order valence-electron chi connectivity index (χ0n) is 12.3. The Morgan fingerprint density at radius 1 is 1.17 bits per heavy atom. The standard InChI is InChI=1S/C17H16ClNO4/c1-10(20)15(17(22)23)19-16(11-5-3-2-4-6-11)13-9-12(18)7-8-14(13)21/h2-10,15,20-21H,1H3,(H,22,23)/t10-,15+/m1/s1. The van der Waals surface area contributed by atoms with Gasteiger partial charge >= 0.3 is 5.97 Å². The highest BCUT2D eigenvalue weighted by Gasteiger charge is 2.24. The van der Waals surface area contributed by atoms with Crippen molar-refractivity contribution >= 4 is 23.3 Å². The number of aromatic hydroxyl groups is 1. The summed E-state index contributed by atoms with van der Waals surface area (Å²) in [7, 11) is 0. The zero-order chi connectivity index (χ0) is 17.0. The lowest BCUT2D eigenvalue weighted by molar-refractivity contribution is -0.140. The molecule has 0 aromatic heterocycles. The van der Waals surface area contributed by atoms with Gasteiger partial charge in [0.15, 0.2) is 6.04 Å². The zero-order valence-corrected chi connectivity index (χ0v) is 13.1. The van der Waals surface area contributed by atoms with E-state index in [1.165, 1.54) is 25.1 Å². The maximum atomic E-state index is 11.3. The van der Waals surface area contributed by atoms with Crippen LogP contribution >= 0.6 is 11.6 Å². The molecule has 5 nitrogen and oxygen atoms in total. The van der Waals surface area contributed by atoms with Gasteiger partial charge in [0, 0.05) is 16.1 Å². The molecule has 120 valence electrons. The van der Waals surface area contributed by atoms with Crippen LogP contribution in [0.4, 0.5) is 0 Å². The van der Waals surface area contributed by atoms with E-state index in [1.807, 2.05) is 6.07 Å². The Kier molecular flexibility index (Phi) is 5.36. The van der Waals surface area contributed by atoms with Crippen LogP contribution in [0.25, 0.3) is 0 Å². The maximum Gasteiger partial charge on any atom is 0.331 e. The number of carboxylic acids is 1. The number of rotatable bonds is 5. The molecule has 0 saturated heterocycles. The third-order valence-corrected chi connectivity index (χ3v) is 3.47. The van der Waals surface area contributed by atoms with Crippen molar-refractivity contribution in [3.8, 4) is 5.75 Å². The van der Waals surface area contributed by atoms with E-state index >= 15 is 0 Å². The monoisotopic (exact) mass is 333 g/mol. The van der Waals surface area contributed by atoms with Gasteiger partial charge in [-0.3, -0.25) is 4.99 Å². The van der Waals surface area contributed by atoms with Gasteiger partial charge in [-0.05, 0) is 25.1 Å². The van der Waals surface area contributed by atoms with Gasteiger partial charge in [-0.1, -0.05) is 41.9 Å². The van der Waals surface area contributed by atoms with Crippen LogP contribution in [0.3, 0.4) is 0 Å². The van der Waals surface area contributed by atoms with E-state index in [2.05, 4.69) is 4.99 Å². The van der Waals surface area contributed by atoms with Crippen molar-refractivity contribution in [2.24, 2.45) is 4.99 Å². The molecular weight excluding hydrogens is 318 g/mol. The van der Waals surface area contributed by atoms with Crippen molar-refractivity contribution in [2.45, 2.75) is 19.1 Å². The average Bonchev–Trinajstić information content (AvgIpc) is 2.51. The summed E-state index contributed by atoms with van der Waals surface area (Å²) >= 11 is 5.98. The summed E-state index contributed by atoms with van der Waals surface area (Å²) < 4.78 is 0. The summed E-state index contributed by atoms with van der Waals surface area (Å²) in [6.45, 7) is 1.35. The van der Waals surface area contributed by atoms with Gasteiger partial charge in [-0.2, -0.15) is 0 Å². The van der Waals surface area contributed by atoms with E-state index < -0.39 is 18.1 Å². The number of phenols is 1. The molecule has 0 amide bonds. The Morgan fingerprint density at radius 2 is 1.83 bits per heavy atom. The van der Waals surface area contributed by atoms with Gasteiger partial charge in [0.1, 0.15) is 5.75 Å². The predicted molar refractivity (Wildman–Crippen MR) is 88.3 cm³/mol. The van der Waals surface area contributed by atoms with E-state index in [0.29, 0.717) is 16.1 Å². The Balaban J connectivity index is 2.66. The number of benzene rings is 2. The number of nitrogens with zero attached hydrogens (tertiary/aromatic N) is 1. The number of carbonyl (C=O) groups is 1.